The second-order valence-corrected chi connectivity index (χ2v) is 9.01. The van der Waals surface area contributed by atoms with Crippen molar-refractivity contribution in [3.05, 3.63) is 0 Å². The van der Waals surface area contributed by atoms with Gasteiger partial charge in [-0.25, -0.2) is 12.8 Å². The zero-order valence-corrected chi connectivity index (χ0v) is 19.8. The topological polar surface area (TPSA) is 57.2 Å². The van der Waals surface area contributed by atoms with Crippen molar-refractivity contribution in [2.75, 3.05) is 26.2 Å². The van der Waals surface area contributed by atoms with Crippen LogP contribution in [0.15, 0.2) is 0 Å². The van der Waals surface area contributed by atoms with Crippen LogP contribution in [-0.2, 0) is 10.1 Å². The molecule has 0 aliphatic carbocycles. The number of alkyl halides is 8. The van der Waals surface area contributed by atoms with Crippen molar-refractivity contribution in [3.8, 4) is 0 Å². The molecule has 0 saturated carbocycles. The van der Waals surface area contributed by atoms with E-state index in [1.54, 1.807) is 0 Å². The third-order valence-corrected chi connectivity index (χ3v) is 6.60. The van der Waals surface area contributed by atoms with E-state index in [2.05, 4.69) is 27.7 Å². The molecule has 0 aliphatic rings. The molecule has 0 spiro atoms. The van der Waals surface area contributed by atoms with Gasteiger partial charge in [-0.2, -0.15) is 30.7 Å². The van der Waals surface area contributed by atoms with Crippen LogP contribution >= 0.6 is 0 Å². The molecule has 0 aromatic rings. The van der Waals surface area contributed by atoms with Crippen molar-refractivity contribution in [1.82, 2.24) is 0 Å². The molecule has 196 valence electrons. The smallest absolute Gasteiger partial charge is 0.399 e. The Morgan fingerprint density at radius 2 is 1.12 bits per heavy atom. The Morgan fingerprint density at radius 1 is 0.750 bits per heavy atom. The summed E-state index contributed by atoms with van der Waals surface area (Å²) in [4.78, 5) is 0. The summed E-state index contributed by atoms with van der Waals surface area (Å²) in [7, 11) is -6.74. The lowest BCUT2D eigenvalue weighted by atomic mass is 10.0. The molecular formula is C19H35F8NO3S. The largest absolute Gasteiger partial charge is 0.743 e. The minimum atomic E-state index is -6.74. The van der Waals surface area contributed by atoms with Crippen molar-refractivity contribution in [1.29, 1.82) is 0 Å². The Balaban J connectivity index is 0. The summed E-state index contributed by atoms with van der Waals surface area (Å²) in [6.45, 7) is 14.2. The van der Waals surface area contributed by atoms with Crippen LogP contribution in [-0.4, -0.2) is 67.2 Å². The SMILES string of the molecule is CC[N+](CC)(CC)CC.O=S(=O)([O-])C(F)(F)C(F)(F)C(F)CCCCCCCC(F)(F)F. The summed E-state index contributed by atoms with van der Waals surface area (Å²) in [5, 5.41) is -6.08. The van der Waals surface area contributed by atoms with Gasteiger partial charge in [0.15, 0.2) is 16.3 Å². The number of rotatable bonds is 14. The van der Waals surface area contributed by atoms with Gasteiger partial charge in [0.25, 0.3) is 0 Å². The normalized spacial score (nSPS) is 14.7. The van der Waals surface area contributed by atoms with Gasteiger partial charge in [0.2, 0.25) is 0 Å². The number of unbranched alkanes of at least 4 members (excludes halogenated alkanes) is 4. The van der Waals surface area contributed by atoms with Gasteiger partial charge in [0, 0.05) is 6.42 Å². The van der Waals surface area contributed by atoms with Gasteiger partial charge >= 0.3 is 17.4 Å². The van der Waals surface area contributed by atoms with Crippen molar-refractivity contribution in [2.45, 2.75) is 96.2 Å². The van der Waals surface area contributed by atoms with Crippen LogP contribution in [0.2, 0.25) is 0 Å². The number of hydrogen-bond donors (Lipinski definition) is 0. The number of quaternary nitrogens is 1. The quantitative estimate of drug-likeness (QED) is 0.120. The van der Waals surface area contributed by atoms with Crippen LogP contribution in [0.25, 0.3) is 0 Å². The second-order valence-electron chi connectivity index (χ2n) is 7.59. The third kappa shape index (κ3) is 11.0. The number of nitrogens with zero attached hydrogens (tertiary/aromatic N) is 1. The second kappa shape index (κ2) is 13.9. The summed E-state index contributed by atoms with van der Waals surface area (Å²) in [6, 6.07) is 0. The summed E-state index contributed by atoms with van der Waals surface area (Å²) in [5.41, 5.74) is 0. The summed E-state index contributed by atoms with van der Waals surface area (Å²) in [6.07, 6.45) is -10.4. The first-order valence-corrected chi connectivity index (χ1v) is 12.0. The lowest BCUT2D eigenvalue weighted by Crippen LogP contribution is -2.52. The summed E-state index contributed by atoms with van der Waals surface area (Å²) < 4.78 is 132. The molecule has 0 amide bonds. The van der Waals surface area contributed by atoms with E-state index < -0.39 is 46.5 Å². The molecule has 13 heteroatoms. The molecule has 0 rings (SSSR count). The molecule has 0 saturated heterocycles. The fourth-order valence-electron chi connectivity index (χ4n) is 3.05. The predicted octanol–water partition coefficient (Wildman–Crippen LogP) is 6.27. The summed E-state index contributed by atoms with van der Waals surface area (Å²) >= 11 is 0. The minimum Gasteiger partial charge on any atom is -0.743 e. The van der Waals surface area contributed by atoms with Crippen molar-refractivity contribution in [2.24, 2.45) is 0 Å². The highest BCUT2D eigenvalue weighted by atomic mass is 32.2. The van der Waals surface area contributed by atoms with Gasteiger partial charge < -0.3 is 9.04 Å². The Labute approximate surface area is 185 Å². The van der Waals surface area contributed by atoms with Crippen LogP contribution in [0.1, 0.15) is 72.6 Å². The van der Waals surface area contributed by atoms with Crippen LogP contribution < -0.4 is 0 Å². The molecule has 0 aromatic heterocycles. The molecule has 0 heterocycles. The standard InChI is InChI=1S/C11H16F8O3S.C8H20N/c12-8(10(16,17)11(18,19)23(20,21)22)6-4-2-1-3-5-7-9(13,14)15;1-5-9(6-2,7-3)8-4/h8H,1-7H2,(H,20,21,22);5-8H2,1-4H3/q;+1/p-1. The Kier molecular flexibility index (Phi) is 14.5. The molecule has 0 aromatic carbocycles. The van der Waals surface area contributed by atoms with E-state index in [1.165, 1.54) is 30.7 Å². The zero-order valence-electron chi connectivity index (χ0n) is 19.0. The molecular weight excluding hydrogens is 474 g/mol. The minimum absolute atomic E-state index is 0.00402. The molecule has 0 radical (unpaired) electrons. The molecule has 1 atom stereocenters. The Hall–Kier alpha value is -0.690. The fourth-order valence-corrected chi connectivity index (χ4v) is 3.51. The van der Waals surface area contributed by atoms with Crippen LogP contribution in [0.5, 0.6) is 0 Å². The molecule has 0 fully saturated rings. The predicted molar refractivity (Wildman–Crippen MR) is 105 cm³/mol. The van der Waals surface area contributed by atoms with E-state index in [0.29, 0.717) is 0 Å². The zero-order chi connectivity index (χ0) is 25.9. The molecule has 0 bridgehead atoms. The average Bonchev–Trinajstić information content (AvgIpc) is 2.68. The third-order valence-electron chi connectivity index (χ3n) is 5.70. The van der Waals surface area contributed by atoms with Crippen molar-refractivity contribution in [3.63, 3.8) is 0 Å². The number of hydrogen-bond acceptors (Lipinski definition) is 3. The van der Waals surface area contributed by atoms with Crippen LogP contribution in [0.4, 0.5) is 35.1 Å². The van der Waals surface area contributed by atoms with Crippen LogP contribution in [0, 0.1) is 0 Å². The molecule has 1 unspecified atom stereocenters. The lowest BCUT2D eigenvalue weighted by Gasteiger charge is -2.34. The van der Waals surface area contributed by atoms with Crippen molar-refractivity contribution < 1.29 is 52.6 Å². The highest BCUT2D eigenvalue weighted by Crippen LogP contribution is 2.43. The maximum atomic E-state index is 13.2. The van der Waals surface area contributed by atoms with E-state index in [9.17, 15) is 48.1 Å². The lowest BCUT2D eigenvalue weighted by molar-refractivity contribution is -0.921. The molecule has 0 aliphatic heterocycles. The highest BCUT2D eigenvalue weighted by molar-refractivity contribution is 7.86. The van der Waals surface area contributed by atoms with Gasteiger partial charge in [-0.1, -0.05) is 25.7 Å². The van der Waals surface area contributed by atoms with E-state index in [1.807, 2.05) is 0 Å². The first-order valence-electron chi connectivity index (χ1n) is 10.6. The first-order chi connectivity index (χ1) is 14.4. The van der Waals surface area contributed by atoms with Gasteiger partial charge in [-0.05, 0) is 40.5 Å². The Bertz CT molecular complexity index is 591. The van der Waals surface area contributed by atoms with E-state index in [4.69, 9.17) is 0 Å². The first kappa shape index (κ1) is 33.5. The molecule has 0 N–H and O–H groups in total. The summed E-state index contributed by atoms with van der Waals surface area (Å²) in [5.74, 6) is -5.68. The van der Waals surface area contributed by atoms with Gasteiger partial charge in [-0.15, -0.1) is 0 Å². The molecule has 32 heavy (non-hydrogen) atoms. The monoisotopic (exact) mass is 509 g/mol. The Morgan fingerprint density at radius 3 is 1.44 bits per heavy atom. The van der Waals surface area contributed by atoms with Crippen LogP contribution in [0.3, 0.4) is 0 Å². The molecule has 4 nitrogen and oxygen atoms in total. The number of halogens is 8. The van der Waals surface area contributed by atoms with Gasteiger partial charge in [-0.3, -0.25) is 0 Å². The van der Waals surface area contributed by atoms with E-state index >= 15 is 0 Å². The van der Waals surface area contributed by atoms with E-state index in [-0.39, 0.29) is 32.1 Å². The maximum Gasteiger partial charge on any atom is 0.399 e. The van der Waals surface area contributed by atoms with Gasteiger partial charge in [0.1, 0.15) is 0 Å². The average molecular weight is 510 g/mol. The fraction of sp³-hybridized carbons (Fsp3) is 1.00. The van der Waals surface area contributed by atoms with E-state index in [0.717, 1.165) is 0 Å². The highest BCUT2D eigenvalue weighted by Gasteiger charge is 2.66. The van der Waals surface area contributed by atoms with Crippen molar-refractivity contribution >= 4 is 10.1 Å². The maximum absolute atomic E-state index is 13.2. The van der Waals surface area contributed by atoms with Gasteiger partial charge in [0.05, 0.1) is 26.2 Å².